The molecule has 0 saturated carbocycles. The molecule has 1 amide bonds. The van der Waals surface area contributed by atoms with Crippen LogP contribution in [0.2, 0.25) is 10.0 Å². The molecule has 35 heavy (non-hydrogen) atoms. The summed E-state index contributed by atoms with van der Waals surface area (Å²) in [6.07, 6.45) is 1.73. The summed E-state index contributed by atoms with van der Waals surface area (Å²) in [6, 6.07) is 14.4. The van der Waals surface area contributed by atoms with Gasteiger partial charge >= 0.3 is 5.97 Å². The highest BCUT2D eigenvalue weighted by molar-refractivity contribution is 6.32. The smallest absolute Gasteiger partial charge is 0.340 e. The molecule has 2 heterocycles. The fourth-order valence-corrected chi connectivity index (χ4v) is 4.74. The molecule has 0 N–H and O–H groups in total. The van der Waals surface area contributed by atoms with Gasteiger partial charge in [-0.15, -0.1) is 0 Å². The zero-order valence-electron chi connectivity index (χ0n) is 20.0. The molecule has 4 rings (SSSR count). The maximum absolute atomic E-state index is 13.6. The van der Waals surface area contributed by atoms with E-state index in [1.54, 1.807) is 50.4 Å². The summed E-state index contributed by atoms with van der Waals surface area (Å²) in [5.74, 6) is -0.306. The Hall–Kier alpha value is -3.48. The first kappa shape index (κ1) is 24.6. The van der Waals surface area contributed by atoms with Gasteiger partial charge in [0, 0.05) is 33.5 Å². The first-order valence-corrected chi connectivity index (χ1v) is 11.6. The van der Waals surface area contributed by atoms with Crippen LogP contribution in [-0.4, -0.2) is 30.7 Å². The third-order valence-corrected chi connectivity index (χ3v) is 6.59. The molecule has 0 aliphatic carbocycles. The maximum atomic E-state index is 13.6. The number of allylic oxidation sites excluding steroid dienone is 1. The number of halogens is 2. The van der Waals surface area contributed by atoms with Crippen molar-refractivity contribution in [2.45, 2.75) is 20.8 Å². The second-order valence-corrected chi connectivity index (χ2v) is 8.95. The van der Waals surface area contributed by atoms with E-state index in [-0.39, 0.29) is 17.1 Å². The minimum atomic E-state index is -0.575. The summed E-state index contributed by atoms with van der Waals surface area (Å²) in [4.78, 5) is 27.8. The van der Waals surface area contributed by atoms with E-state index < -0.39 is 5.97 Å². The summed E-state index contributed by atoms with van der Waals surface area (Å²) in [6.45, 7) is 5.64. The molecule has 0 fully saturated rings. The van der Waals surface area contributed by atoms with Gasteiger partial charge in [0.1, 0.15) is 5.75 Å². The Balaban J connectivity index is 1.83. The number of hydrogen-bond donors (Lipinski definition) is 0. The Kier molecular flexibility index (Phi) is 6.79. The van der Waals surface area contributed by atoms with E-state index in [4.69, 9.17) is 32.7 Å². The number of nitrogens with zero attached hydrogens (tertiary/aromatic N) is 2. The molecule has 8 heteroatoms. The molecule has 0 atom stereocenters. The van der Waals surface area contributed by atoms with E-state index in [0.29, 0.717) is 27.2 Å². The lowest BCUT2D eigenvalue weighted by Crippen LogP contribution is -2.24. The number of anilines is 1. The van der Waals surface area contributed by atoms with Crippen LogP contribution in [0.25, 0.3) is 11.8 Å². The number of aromatic nitrogens is 1. The van der Waals surface area contributed by atoms with Gasteiger partial charge in [0.2, 0.25) is 0 Å². The second kappa shape index (κ2) is 9.64. The van der Waals surface area contributed by atoms with Gasteiger partial charge in [-0.2, -0.15) is 0 Å². The SMILES string of the molecule is COC(=O)C1=C(C)N(c2ccc(Cl)cc2)C(=O)/C1=C\c1cc(C)n(-c2ccc(OC)c(Cl)c2)c1C. The van der Waals surface area contributed by atoms with E-state index in [2.05, 4.69) is 0 Å². The average Bonchev–Trinajstić information content (AvgIpc) is 3.25. The summed E-state index contributed by atoms with van der Waals surface area (Å²) in [5.41, 5.74) is 5.07. The molecule has 1 aromatic heterocycles. The third kappa shape index (κ3) is 4.35. The van der Waals surface area contributed by atoms with E-state index in [0.717, 1.165) is 22.6 Å². The number of rotatable bonds is 5. The Labute approximate surface area is 214 Å². The Morgan fingerprint density at radius 3 is 2.20 bits per heavy atom. The Bertz CT molecular complexity index is 1400. The van der Waals surface area contributed by atoms with Crippen molar-refractivity contribution in [3.8, 4) is 11.4 Å². The number of aryl methyl sites for hydroxylation is 1. The van der Waals surface area contributed by atoms with Crippen LogP contribution < -0.4 is 9.64 Å². The summed E-state index contributed by atoms with van der Waals surface area (Å²) >= 11 is 12.4. The van der Waals surface area contributed by atoms with E-state index in [1.807, 2.05) is 36.6 Å². The standard InChI is InChI=1S/C27H24Cl2N2O4/c1-15-12-18(16(2)30(15)21-10-11-24(34-4)23(29)14-21)13-22-25(27(33)35-5)17(3)31(26(22)32)20-8-6-19(28)7-9-20/h6-14H,1-5H3/b22-13-. The van der Waals surface area contributed by atoms with Crippen molar-refractivity contribution in [2.75, 3.05) is 19.1 Å². The highest BCUT2D eigenvalue weighted by Gasteiger charge is 2.38. The molecule has 1 aliphatic rings. The van der Waals surface area contributed by atoms with Crippen LogP contribution in [0.1, 0.15) is 23.9 Å². The normalized spacial score (nSPS) is 14.8. The highest BCUT2D eigenvalue weighted by atomic mass is 35.5. The van der Waals surface area contributed by atoms with Gasteiger partial charge in [0.15, 0.2) is 0 Å². The number of amides is 1. The highest BCUT2D eigenvalue weighted by Crippen LogP contribution is 2.37. The van der Waals surface area contributed by atoms with Crippen molar-refractivity contribution >= 4 is 46.8 Å². The predicted molar refractivity (Wildman–Crippen MR) is 138 cm³/mol. The molecule has 1 aliphatic heterocycles. The number of esters is 1. The molecule has 0 saturated heterocycles. The number of carbonyl (C=O) groups is 2. The number of hydrogen-bond acceptors (Lipinski definition) is 4. The number of benzene rings is 2. The summed E-state index contributed by atoms with van der Waals surface area (Å²) in [5, 5.41) is 1.05. The lowest BCUT2D eigenvalue weighted by atomic mass is 10.0. The van der Waals surface area contributed by atoms with Crippen LogP contribution in [0.5, 0.6) is 5.75 Å². The lowest BCUT2D eigenvalue weighted by Gasteiger charge is -2.17. The molecule has 2 aromatic carbocycles. The van der Waals surface area contributed by atoms with Crippen molar-refractivity contribution in [3.05, 3.63) is 92.4 Å². The minimum absolute atomic E-state index is 0.227. The summed E-state index contributed by atoms with van der Waals surface area (Å²) in [7, 11) is 2.87. The molecule has 3 aromatic rings. The van der Waals surface area contributed by atoms with Crippen LogP contribution in [-0.2, 0) is 14.3 Å². The van der Waals surface area contributed by atoms with Crippen LogP contribution in [0.4, 0.5) is 5.69 Å². The molecule has 180 valence electrons. The van der Waals surface area contributed by atoms with Crippen molar-refractivity contribution in [1.82, 2.24) is 4.57 Å². The molecule has 6 nitrogen and oxygen atoms in total. The number of ether oxygens (including phenoxy) is 2. The zero-order valence-corrected chi connectivity index (χ0v) is 21.5. The van der Waals surface area contributed by atoms with Gasteiger partial charge in [0.25, 0.3) is 5.91 Å². The van der Waals surface area contributed by atoms with Gasteiger partial charge in [-0.1, -0.05) is 23.2 Å². The quantitative estimate of drug-likeness (QED) is 0.299. The van der Waals surface area contributed by atoms with E-state index >= 15 is 0 Å². The molecule has 0 spiro atoms. The molecule has 0 bridgehead atoms. The van der Waals surface area contributed by atoms with Gasteiger partial charge in [-0.3, -0.25) is 9.69 Å². The van der Waals surface area contributed by atoms with Crippen LogP contribution in [0.3, 0.4) is 0 Å². The lowest BCUT2D eigenvalue weighted by molar-refractivity contribution is -0.136. The Morgan fingerprint density at radius 1 is 0.943 bits per heavy atom. The monoisotopic (exact) mass is 510 g/mol. The first-order valence-electron chi connectivity index (χ1n) is 10.8. The van der Waals surface area contributed by atoms with E-state index in [1.165, 1.54) is 12.0 Å². The topological polar surface area (TPSA) is 60.8 Å². The zero-order chi connectivity index (χ0) is 25.4. The summed E-state index contributed by atoms with van der Waals surface area (Å²) < 4.78 is 12.3. The Morgan fingerprint density at radius 2 is 1.60 bits per heavy atom. The third-order valence-electron chi connectivity index (χ3n) is 6.04. The predicted octanol–water partition coefficient (Wildman–Crippen LogP) is 6.29. The number of methoxy groups -OCH3 is 2. The van der Waals surface area contributed by atoms with Crippen LogP contribution in [0, 0.1) is 13.8 Å². The fourth-order valence-electron chi connectivity index (χ4n) is 4.36. The van der Waals surface area contributed by atoms with Crippen molar-refractivity contribution in [2.24, 2.45) is 0 Å². The van der Waals surface area contributed by atoms with E-state index in [9.17, 15) is 9.59 Å². The van der Waals surface area contributed by atoms with Gasteiger partial charge in [-0.25, -0.2) is 4.79 Å². The van der Waals surface area contributed by atoms with Gasteiger partial charge < -0.3 is 14.0 Å². The molecular formula is C27H24Cl2N2O4. The van der Waals surface area contributed by atoms with Crippen molar-refractivity contribution < 1.29 is 19.1 Å². The average molecular weight is 511 g/mol. The first-order chi connectivity index (χ1) is 16.7. The fraction of sp³-hybridized carbons (Fsp3) is 0.185. The van der Waals surface area contributed by atoms with Gasteiger partial charge in [-0.05, 0) is 80.9 Å². The minimum Gasteiger partial charge on any atom is -0.495 e. The van der Waals surface area contributed by atoms with Crippen molar-refractivity contribution in [1.29, 1.82) is 0 Å². The van der Waals surface area contributed by atoms with Crippen molar-refractivity contribution in [3.63, 3.8) is 0 Å². The van der Waals surface area contributed by atoms with Crippen LogP contribution >= 0.6 is 23.2 Å². The number of carbonyl (C=O) groups excluding carboxylic acids is 2. The second-order valence-electron chi connectivity index (χ2n) is 8.11. The molecule has 0 unspecified atom stereocenters. The van der Waals surface area contributed by atoms with Crippen LogP contribution in [0.15, 0.2) is 65.4 Å². The molecular weight excluding hydrogens is 487 g/mol. The largest absolute Gasteiger partial charge is 0.495 e. The molecule has 0 radical (unpaired) electrons. The van der Waals surface area contributed by atoms with Gasteiger partial charge in [0.05, 0.1) is 30.4 Å². The maximum Gasteiger partial charge on any atom is 0.340 e.